The molecule has 0 spiro atoms. The van der Waals surface area contributed by atoms with E-state index >= 15 is 0 Å². The van der Waals surface area contributed by atoms with Crippen molar-refractivity contribution in [2.45, 2.75) is 12.2 Å². The lowest BCUT2D eigenvalue weighted by molar-refractivity contribution is 0.0954. The average molecular weight is 300 g/mol. The summed E-state index contributed by atoms with van der Waals surface area (Å²) in [7, 11) is 1.97. The van der Waals surface area contributed by atoms with Gasteiger partial charge < -0.3 is 20.5 Å². The average Bonchev–Trinajstić information content (AvgIpc) is 2.44. The number of carbonyl (C=O) groups excluding carboxylic acids is 1. The molecule has 1 rings (SSSR count). The summed E-state index contributed by atoms with van der Waals surface area (Å²) >= 11 is 0. The minimum absolute atomic E-state index is 0.132. The van der Waals surface area contributed by atoms with Crippen LogP contribution in [0.1, 0.15) is 17.3 Å². The lowest BCUT2D eigenvalue weighted by atomic mass is 10.1. The summed E-state index contributed by atoms with van der Waals surface area (Å²) in [6.07, 6.45) is 1.60. The standard InChI is InChI=1S/C13H20N2O4S/c1-8(20(4)17)7-15-13(16)10-5-9(18-2)6-11(19-3)12(10)14/h5-6,8H,7,14H2,1-4H3,(H,15,16). The van der Waals surface area contributed by atoms with Crippen molar-refractivity contribution in [3.63, 3.8) is 0 Å². The van der Waals surface area contributed by atoms with Crippen molar-refractivity contribution in [2.75, 3.05) is 32.8 Å². The molecule has 6 nitrogen and oxygen atoms in total. The number of amides is 1. The van der Waals surface area contributed by atoms with Gasteiger partial charge in [-0.1, -0.05) is 0 Å². The second-order valence-electron chi connectivity index (χ2n) is 4.31. The molecule has 7 heteroatoms. The van der Waals surface area contributed by atoms with E-state index in [9.17, 15) is 9.00 Å². The second kappa shape index (κ2) is 7.14. The third-order valence-electron chi connectivity index (χ3n) is 2.93. The van der Waals surface area contributed by atoms with Crippen LogP contribution in [0.5, 0.6) is 11.5 Å². The molecule has 20 heavy (non-hydrogen) atoms. The normalized spacial score (nSPS) is 13.4. The summed E-state index contributed by atoms with van der Waals surface area (Å²) < 4.78 is 21.5. The Labute approximate surface area is 121 Å². The van der Waals surface area contributed by atoms with Gasteiger partial charge in [0.15, 0.2) is 0 Å². The molecular formula is C13H20N2O4S. The molecule has 2 atom stereocenters. The summed E-state index contributed by atoms with van der Waals surface area (Å²) in [4.78, 5) is 12.1. The van der Waals surface area contributed by atoms with Crippen LogP contribution < -0.4 is 20.5 Å². The lowest BCUT2D eigenvalue weighted by Gasteiger charge is -2.14. The van der Waals surface area contributed by atoms with Gasteiger partial charge in [0, 0.05) is 34.9 Å². The van der Waals surface area contributed by atoms with Gasteiger partial charge in [-0.2, -0.15) is 0 Å². The molecule has 0 fully saturated rings. The molecule has 0 saturated carbocycles. The Kier molecular flexibility index (Phi) is 5.82. The van der Waals surface area contributed by atoms with E-state index in [2.05, 4.69) is 5.32 Å². The van der Waals surface area contributed by atoms with Crippen LogP contribution in [-0.2, 0) is 10.8 Å². The van der Waals surface area contributed by atoms with Crippen LogP contribution >= 0.6 is 0 Å². The van der Waals surface area contributed by atoms with E-state index < -0.39 is 10.8 Å². The maximum Gasteiger partial charge on any atom is 0.253 e. The number of nitrogens with one attached hydrogen (secondary N) is 1. The Morgan fingerprint density at radius 2 is 2.05 bits per heavy atom. The van der Waals surface area contributed by atoms with Gasteiger partial charge in [0.1, 0.15) is 11.5 Å². The zero-order chi connectivity index (χ0) is 15.3. The van der Waals surface area contributed by atoms with Gasteiger partial charge in [0.25, 0.3) is 5.91 Å². The molecule has 0 radical (unpaired) electrons. The summed E-state index contributed by atoms with van der Waals surface area (Å²) in [6.45, 7) is 2.10. The van der Waals surface area contributed by atoms with Gasteiger partial charge in [0.2, 0.25) is 0 Å². The number of nitrogen functional groups attached to an aromatic ring is 1. The Balaban J connectivity index is 2.94. The molecule has 1 aromatic rings. The molecule has 0 aliphatic carbocycles. The van der Waals surface area contributed by atoms with Crippen LogP contribution in [-0.4, -0.2) is 42.4 Å². The van der Waals surface area contributed by atoms with Gasteiger partial charge in [-0.05, 0) is 13.0 Å². The van der Waals surface area contributed by atoms with Gasteiger partial charge in [-0.15, -0.1) is 0 Å². The number of carbonyl (C=O) groups is 1. The van der Waals surface area contributed by atoms with E-state index in [-0.39, 0.29) is 22.4 Å². The monoisotopic (exact) mass is 300 g/mol. The smallest absolute Gasteiger partial charge is 0.253 e. The van der Waals surface area contributed by atoms with Crippen LogP contribution in [0.3, 0.4) is 0 Å². The summed E-state index contributed by atoms with van der Waals surface area (Å²) in [5.74, 6) is 0.506. The summed E-state index contributed by atoms with van der Waals surface area (Å²) in [6, 6.07) is 3.15. The minimum atomic E-state index is -0.996. The molecule has 0 heterocycles. The van der Waals surface area contributed by atoms with Crippen molar-refractivity contribution in [3.05, 3.63) is 17.7 Å². The Morgan fingerprint density at radius 3 is 2.55 bits per heavy atom. The van der Waals surface area contributed by atoms with Crippen LogP contribution in [0.4, 0.5) is 5.69 Å². The number of ether oxygens (including phenoxy) is 2. The number of hydrogen-bond donors (Lipinski definition) is 2. The van der Waals surface area contributed by atoms with Crippen LogP contribution in [0, 0.1) is 0 Å². The molecule has 1 aromatic carbocycles. The molecule has 112 valence electrons. The number of hydrogen-bond acceptors (Lipinski definition) is 5. The van der Waals surface area contributed by atoms with Crippen LogP contribution in [0.25, 0.3) is 0 Å². The Bertz CT molecular complexity index is 519. The highest BCUT2D eigenvalue weighted by molar-refractivity contribution is 7.84. The van der Waals surface area contributed by atoms with E-state index in [1.807, 2.05) is 0 Å². The molecule has 2 unspecified atom stereocenters. The molecule has 0 saturated heterocycles. The predicted molar refractivity (Wildman–Crippen MR) is 79.8 cm³/mol. The van der Waals surface area contributed by atoms with Gasteiger partial charge in [0.05, 0.1) is 25.5 Å². The van der Waals surface area contributed by atoms with Gasteiger partial charge in [-0.25, -0.2) is 0 Å². The number of methoxy groups -OCH3 is 2. The second-order valence-corrected chi connectivity index (χ2v) is 6.11. The molecule has 0 aliphatic heterocycles. The highest BCUT2D eigenvalue weighted by atomic mass is 32.2. The maximum atomic E-state index is 12.1. The number of benzene rings is 1. The van der Waals surface area contributed by atoms with Gasteiger partial charge >= 0.3 is 0 Å². The van der Waals surface area contributed by atoms with Crippen molar-refractivity contribution in [2.24, 2.45) is 0 Å². The van der Waals surface area contributed by atoms with E-state index in [1.165, 1.54) is 14.2 Å². The topological polar surface area (TPSA) is 90.7 Å². The van der Waals surface area contributed by atoms with E-state index in [0.717, 1.165) is 0 Å². The van der Waals surface area contributed by atoms with Crippen molar-refractivity contribution in [1.29, 1.82) is 0 Å². The van der Waals surface area contributed by atoms with Crippen molar-refractivity contribution >= 4 is 22.4 Å². The first-order valence-electron chi connectivity index (χ1n) is 6.02. The molecule has 0 bridgehead atoms. The molecule has 3 N–H and O–H groups in total. The summed E-state index contributed by atoms with van der Waals surface area (Å²) in [5.41, 5.74) is 6.40. The number of nitrogens with two attached hydrogens (primary N) is 1. The van der Waals surface area contributed by atoms with Crippen LogP contribution in [0.15, 0.2) is 12.1 Å². The third kappa shape index (κ3) is 3.86. The van der Waals surface area contributed by atoms with E-state index in [0.29, 0.717) is 18.0 Å². The highest BCUT2D eigenvalue weighted by Gasteiger charge is 2.17. The predicted octanol–water partition coefficient (Wildman–Crippen LogP) is 0.783. The van der Waals surface area contributed by atoms with Gasteiger partial charge in [-0.3, -0.25) is 9.00 Å². The highest BCUT2D eigenvalue weighted by Crippen LogP contribution is 2.30. The fraction of sp³-hybridized carbons (Fsp3) is 0.462. The minimum Gasteiger partial charge on any atom is -0.497 e. The maximum absolute atomic E-state index is 12.1. The van der Waals surface area contributed by atoms with E-state index in [4.69, 9.17) is 15.2 Å². The zero-order valence-electron chi connectivity index (χ0n) is 12.1. The van der Waals surface area contributed by atoms with Crippen molar-refractivity contribution < 1.29 is 18.5 Å². The first kappa shape index (κ1) is 16.3. The van der Waals surface area contributed by atoms with E-state index in [1.54, 1.807) is 25.3 Å². The van der Waals surface area contributed by atoms with Crippen molar-refractivity contribution in [1.82, 2.24) is 5.32 Å². The van der Waals surface area contributed by atoms with Crippen molar-refractivity contribution in [3.8, 4) is 11.5 Å². The quantitative estimate of drug-likeness (QED) is 0.758. The largest absolute Gasteiger partial charge is 0.497 e. The Morgan fingerprint density at radius 1 is 1.40 bits per heavy atom. The fourth-order valence-electron chi connectivity index (χ4n) is 1.52. The number of rotatable bonds is 6. The zero-order valence-corrected chi connectivity index (χ0v) is 12.9. The fourth-order valence-corrected chi connectivity index (χ4v) is 1.84. The number of anilines is 1. The third-order valence-corrected chi connectivity index (χ3v) is 4.23. The lowest BCUT2D eigenvalue weighted by Crippen LogP contribution is -2.33. The SMILES string of the molecule is COc1cc(OC)c(N)c(C(=O)NCC(C)S(C)=O)c1. The molecule has 0 aliphatic rings. The van der Waals surface area contributed by atoms with Crippen LogP contribution in [0.2, 0.25) is 0 Å². The molecule has 0 aromatic heterocycles. The first-order chi connectivity index (χ1) is 9.40. The Hall–Kier alpha value is -1.76. The first-order valence-corrected chi connectivity index (χ1v) is 7.64. The summed E-state index contributed by atoms with van der Waals surface area (Å²) in [5, 5.41) is 2.57. The molecule has 1 amide bonds. The molecular weight excluding hydrogens is 280 g/mol.